The van der Waals surface area contributed by atoms with Gasteiger partial charge in [-0.2, -0.15) is 0 Å². The van der Waals surface area contributed by atoms with Gasteiger partial charge in [0.25, 0.3) is 0 Å². The monoisotopic (exact) mass is 319 g/mol. The van der Waals surface area contributed by atoms with E-state index in [-0.39, 0.29) is 11.8 Å². The zero-order valence-electron chi connectivity index (χ0n) is 13.9. The van der Waals surface area contributed by atoms with Gasteiger partial charge in [-0.1, -0.05) is 45.0 Å². The second-order valence-corrected chi connectivity index (χ2v) is 6.68. The van der Waals surface area contributed by atoms with Gasteiger partial charge in [0.1, 0.15) is 6.10 Å². The zero-order valence-corrected chi connectivity index (χ0v) is 13.9. The van der Waals surface area contributed by atoms with Crippen LogP contribution in [0.4, 0.5) is 0 Å². The Morgan fingerprint density at radius 2 is 1.96 bits per heavy atom. The van der Waals surface area contributed by atoms with E-state index in [4.69, 9.17) is 9.84 Å². The third-order valence-corrected chi connectivity index (χ3v) is 4.15. The predicted octanol–water partition coefficient (Wildman–Crippen LogP) is 2.38. The Labute approximate surface area is 137 Å². The van der Waals surface area contributed by atoms with E-state index in [2.05, 4.69) is 25.2 Å². The summed E-state index contributed by atoms with van der Waals surface area (Å²) >= 11 is 0. The van der Waals surface area contributed by atoms with E-state index in [1.54, 1.807) is 6.92 Å². The fourth-order valence-corrected chi connectivity index (χ4v) is 2.96. The number of amides is 1. The summed E-state index contributed by atoms with van der Waals surface area (Å²) in [5.41, 5.74) is 2.32. The third-order valence-electron chi connectivity index (χ3n) is 4.15. The van der Waals surface area contributed by atoms with Gasteiger partial charge in [0, 0.05) is 6.54 Å². The Morgan fingerprint density at radius 1 is 1.30 bits per heavy atom. The van der Waals surface area contributed by atoms with E-state index in [0.717, 1.165) is 12.0 Å². The van der Waals surface area contributed by atoms with Crippen LogP contribution in [0, 0.1) is 11.8 Å². The highest BCUT2D eigenvalue weighted by atomic mass is 16.5. The van der Waals surface area contributed by atoms with E-state index in [1.165, 1.54) is 5.56 Å². The molecule has 5 nitrogen and oxygen atoms in total. The van der Waals surface area contributed by atoms with Crippen LogP contribution in [0.25, 0.3) is 0 Å². The van der Waals surface area contributed by atoms with E-state index in [1.807, 2.05) is 18.2 Å². The van der Waals surface area contributed by atoms with Gasteiger partial charge >= 0.3 is 5.97 Å². The highest BCUT2D eigenvalue weighted by molar-refractivity contribution is 5.82. The number of carbonyl (C=O) groups excluding carboxylic acids is 1. The van der Waals surface area contributed by atoms with Crippen LogP contribution in [0.3, 0.4) is 0 Å². The lowest BCUT2D eigenvalue weighted by atomic mass is 9.98. The lowest BCUT2D eigenvalue weighted by Gasteiger charge is -2.15. The number of aliphatic carboxylic acids is 1. The smallest absolute Gasteiger partial charge is 0.333 e. The lowest BCUT2D eigenvalue weighted by molar-refractivity contribution is -0.153. The average molecular weight is 319 g/mol. The summed E-state index contributed by atoms with van der Waals surface area (Å²) < 4.78 is 5.37. The van der Waals surface area contributed by atoms with Crippen LogP contribution in [0.2, 0.25) is 0 Å². The summed E-state index contributed by atoms with van der Waals surface area (Å²) in [5, 5.41) is 11.9. The fourth-order valence-electron chi connectivity index (χ4n) is 2.96. The Balaban J connectivity index is 1.94. The molecule has 1 aromatic carbocycles. The summed E-state index contributed by atoms with van der Waals surface area (Å²) in [6.45, 7) is 6.56. The molecule has 0 spiro atoms. The maximum atomic E-state index is 12.2. The van der Waals surface area contributed by atoms with Crippen molar-refractivity contribution in [3.8, 4) is 0 Å². The molecule has 2 N–H and O–H groups in total. The molecule has 0 saturated carbocycles. The van der Waals surface area contributed by atoms with Crippen LogP contribution < -0.4 is 5.32 Å². The number of hydrogen-bond acceptors (Lipinski definition) is 3. The Morgan fingerprint density at radius 3 is 2.52 bits per heavy atom. The molecule has 1 heterocycles. The lowest BCUT2D eigenvalue weighted by Crippen LogP contribution is -2.35. The number of carboxylic acids is 1. The largest absolute Gasteiger partial charge is 0.479 e. The second-order valence-electron chi connectivity index (χ2n) is 6.68. The summed E-state index contributed by atoms with van der Waals surface area (Å²) in [4.78, 5) is 23.3. The normalized spacial score (nSPS) is 23.9. The maximum absolute atomic E-state index is 12.2. The van der Waals surface area contributed by atoms with Crippen molar-refractivity contribution in [1.29, 1.82) is 0 Å². The number of rotatable bonds is 6. The molecule has 1 aliphatic rings. The minimum Gasteiger partial charge on any atom is -0.479 e. The SMILES string of the molecule is CC(C)Cc1ccccc1CNC(=O)[C@@H]1C[C@H](C)[C@@H](C(=O)O)O1. The van der Waals surface area contributed by atoms with Crippen molar-refractivity contribution in [3.63, 3.8) is 0 Å². The first-order chi connectivity index (χ1) is 10.9. The molecular formula is C18H25NO4. The molecular weight excluding hydrogens is 294 g/mol. The van der Waals surface area contributed by atoms with E-state index in [9.17, 15) is 9.59 Å². The van der Waals surface area contributed by atoms with Crippen molar-refractivity contribution >= 4 is 11.9 Å². The molecule has 2 rings (SSSR count). The van der Waals surface area contributed by atoms with Gasteiger partial charge in [-0.05, 0) is 35.8 Å². The Hall–Kier alpha value is -1.88. The van der Waals surface area contributed by atoms with Crippen LogP contribution in [-0.4, -0.2) is 29.2 Å². The standard InChI is InChI=1S/C18H25NO4/c1-11(2)8-13-6-4-5-7-14(13)10-19-17(20)15-9-12(3)16(23-15)18(21)22/h4-7,11-12,15-16H,8-10H2,1-3H3,(H,19,20)(H,21,22)/t12-,15-,16-/m0/s1. The van der Waals surface area contributed by atoms with Gasteiger partial charge in [0.15, 0.2) is 6.10 Å². The molecule has 1 aliphatic heterocycles. The quantitative estimate of drug-likeness (QED) is 0.844. The van der Waals surface area contributed by atoms with Gasteiger partial charge in [0.05, 0.1) is 0 Å². The van der Waals surface area contributed by atoms with Crippen LogP contribution in [0.5, 0.6) is 0 Å². The Kier molecular flexibility index (Phi) is 5.77. The molecule has 126 valence electrons. The number of hydrogen-bond donors (Lipinski definition) is 2. The van der Waals surface area contributed by atoms with Crippen molar-refractivity contribution in [3.05, 3.63) is 35.4 Å². The van der Waals surface area contributed by atoms with Gasteiger partial charge in [0.2, 0.25) is 5.91 Å². The van der Waals surface area contributed by atoms with Crippen molar-refractivity contribution in [2.75, 3.05) is 0 Å². The van der Waals surface area contributed by atoms with E-state index in [0.29, 0.717) is 18.9 Å². The Bertz CT molecular complexity index is 570. The number of ether oxygens (including phenoxy) is 1. The molecule has 0 aromatic heterocycles. The highest BCUT2D eigenvalue weighted by Gasteiger charge is 2.40. The van der Waals surface area contributed by atoms with Gasteiger partial charge < -0.3 is 15.2 Å². The summed E-state index contributed by atoms with van der Waals surface area (Å²) in [6.07, 6.45) is -0.164. The molecule has 1 amide bonds. The van der Waals surface area contributed by atoms with Crippen LogP contribution in [0.15, 0.2) is 24.3 Å². The van der Waals surface area contributed by atoms with Crippen LogP contribution >= 0.6 is 0 Å². The van der Waals surface area contributed by atoms with Crippen molar-refractivity contribution < 1.29 is 19.4 Å². The first-order valence-electron chi connectivity index (χ1n) is 8.11. The zero-order chi connectivity index (χ0) is 17.0. The van der Waals surface area contributed by atoms with Crippen molar-refractivity contribution in [2.45, 2.75) is 52.4 Å². The van der Waals surface area contributed by atoms with Crippen molar-refractivity contribution in [2.24, 2.45) is 11.8 Å². The molecule has 1 aromatic rings. The molecule has 23 heavy (non-hydrogen) atoms. The van der Waals surface area contributed by atoms with Crippen molar-refractivity contribution in [1.82, 2.24) is 5.32 Å². The highest BCUT2D eigenvalue weighted by Crippen LogP contribution is 2.26. The topological polar surface area (TPSA) is 75.6 Å². The second kappa shape index (κ2) is 7.59. The molecule has 1 saturated heterocycles. The van der Waals surface area contributed by atoms with Gasteiger partial charge in [-0.25, -0.2) is 4.79 Å². The molecule has 0 aliphatic carbocycles. The first kappa shape index (κ1) is 17.5. The third kappa shape index (κ3) is 4.55. The van der Waals surface area contributed by atoms with Crippen LogP contribution in [0.1, 0.15) is 38.3 Å². The number of carbonyl (C=O) groups is 2. The molecule has 3 atom stereocenters. The number of nitrogens with one attached hydrogen (secondary N) is 1. The first-order valence-corrected chi connectivity index (χ1v) is 8.11. The average Bonchev–Trinajstić information content (AvgIpc) is 2.88. The molecule has 5 heteroatoms. The van der Waals surface area contributed by atoms with Gasteiger partial charge in [-0.3, -0.25) is 4.79 Å². The van der Waals surface area contributed by atoms with E-state index >= 15 is 0 Å². The number of benzene rings is 1. The molecule has 0 radical (unpaired) electrons. The summed E-state index contributed by atoms with van der Waals surface area (Å²) in [5.74, 6) is -0.853. The summed E-state index contributed by atoms with van der Waals surface area (Å²) in [6, 6.07) is 8.05. The molecule has 0 unspecified atom stereocenters. The van der Waals surface area contributed by atoms with Crippen LogP contribution in [-0.2, 0) is 27.3 Å². The molecule has 1 fully saturated rings. The maximum Gasteiger partial charge on any atom is 0.333 e. The number of carboxylic acid groups (broad SMARTS) is 1. The van der Waals surface area contributed by atoms with E-state index < -0.39 is 18.2 Å². The minimum atomic E-state index is -1.00. The predicted molar refractivity (Wildman–Crippen MR) is 86.9 cm³/mol. The molecule has 0 bridgehead atoms. The fraction of sp³-hybridized carbons (Fsp3) is 0.556. The van der Waals surface area contributed by atoms with Gasteiger partial charge in [-0.15, -0.1) is 0 Å². The minimum absolute atomic E-state index is 0.156. The summed E-state index contributed by atoms with van der Waals surface area (Å²) in [7, 11) is 0.